The van der Waals surface area contributed by atoms with Crippen LogP contribution in [0.3, 0.4) is 0 Å². The number of anilines is 1. The van der Waals surface area contributed by atoms with E-state index in [4.69, 9.17) is 39.6 Å². The molecule has 0 N–H and O–H groups in total. The van der Waals surface area contributed by atoms with Crippen LogP contribution in [-0.2, 0) is 21.0 Å². The molecule has 0 atom stereocenters. The number of nitrogens with zero attached hydrogens (tertiary/aromatic N) is 3. The molecule has 0 unspecified atom stereocenters. The Balaban J connectivity index is 1.97. The molecule has 1 aliphatic rings. The third kappa shape index (κ3) is 4.72. The lowest BCUT2D eigenvalue weighted by atomic mass is 10.1. The average Bonchev–Trinajstić information content (AvgIpc) is 2.97. The van der Waals surface area contributed by atoms with E-state index in [9.17, 15) is 19.7 Å². The molecule has 30 heavy (non-hydrogen) atoms. The fourth-order valence-corrected chi connectivity index (χ4v) is 3.44. The van der Waals surface area contributed by atoms with Crippen molar-refractivity contribution >= 4 is 63.8 Å². The molecule has 3 rings (SSSR count). The normalized spacial score (nSPS) is 14.2. The Morgan fingerprint density at radius 2 is 1.97 bits per heavy atom. The number of nitro groups is 1. The summed E-state index contributed by atoms with van der Waals surface area (Å²) in [5.74, 6) is -0.973. The summed E-state index contributed by atoms with van der Waals surface area (Å²) in [5, 5.41) is 15.6. The molecular formula is C19H14Cl3N3O5. The minimum atomic E-state index is -0.665. The maximum atomic E-state index is 13.0. The quantitative estimate of drug-likeness (QED) is 0.252. The summed E-state index contributed by atoms with van der Waals surface area (Å²) >= 11 is 17.7. The summed E-state index contributed by atoms with van der Waals surface area (Å²) in [6.45, 7) is 0.0683. The molecule has 156 valence electrons. The van der Waals surface area contributed by atoms with Crippen LogP contribution in [0.15, 0.2) is 41.6 Å². The molecule has 11 heteroatoms. The topological polar surface area (TPSA) is 102 Å². The Morgan fingerprint density at radius 3 is 2.63 bits per heavy atom. The largest absolute Gasteiger partial charge is 0.335 e. The van der Waals surface area contributed by atoms with Gasteiger partial charge in [-0.2, -0.15) is 0 Å². The smallest absolute Gasteiger partial charge is 0.317 e. The number of non-ortho nitro benzene ring substituents is 1. The van der Waals surface area contributed by atoms with Crippen molar-refractivity contribution in [3.05, 3.63) is 67.7 Å². The Bertz CT molecular complexity index is 1060. The van der Waals surface area contributed by atoms with Gasteiger partial charge < -0.3 is 9.74 Å². The fraction of sp³-hybridized carbons (Fsp3) is 0.211. The molecule has 0 fully saturated rings. The lowest BCUT2D eigenvalue weighted by molar-refractivity contribution is -0.384. The van der Waals surface area contributed by atoms with Gasteiger partial charge in [-0.1, -0.05) is 34.4 Å². The van der Waals surface area contributed by atoms with E-state index >= 15 is 0 Å². The van der Waals surface area contributed by atoms with E-state index in [2.05, 4.69) is 5.16 Å². The summed E-state index contributed by atoms with van der Waals surface area (Å²) < 4.78 is 0. The predicted octanol–water partition coefficient (Wildman–Crippen LogP) is 4.71. The van der Waals surface area contributed by atoms with Crippen molar-refractivity contribution in [1.29, 1.82) is 0 Å². The van der Waals surface area contributed by atoms with Gasteiger partial charge in [0.05, 0.1) is 17.2 Å². The van der Waals surface area contributed by atoms with Gasteiger partial charge in [-0.15, -0.1) is 11.6 Å². The number of carbonyl (C=O) groups excluding carboxylic acids is 2. The highest BCUT2D eigenvalue weighted by Gasteiger charge is 2.36. The van der Waals surface area contributed by atoms with Gasteiger partial charge in [-0.05, 0) is 30.2 Å². The van der Waals surface area contributed by atoms with Crippen LogP contribution in [0.25, 0.3) is 0 Å². The number of fused-ring (bicyclic) bond motifs is 1. The molecule has 0 saturated carbocycles. The highest BCUT2D eigenvalue weighted by molar-refractivity contribution is 6.54. The molecule has 0 aromatic heterocycles. The zero-order chi connectivity index (χ0) is 21.8. The molecule has 0 aliphatic carbocycles. The highest BCUT2D eigenvalue weighted by atomic mass is 35.5. The second-order valence-corrected chi connectivity index (χ2v) is 7.50. The van der Waals surface area contributed by atoms with E-state index in [-0.39, 0.29) is 35.8 Å². The fourth-order valence-electron chi connectivity index (χ4n) is 2.83. The van der Waals surface area contributed by atoms with Crippen molar-refractivity contribution in [3.8, 4) is 0 Å². The summed E-state index contributed by atoms with van der Waals surface area (Å²) in [5.41, 5.74) is 0.739. The second-order valence-electron chi connectivity index (χ2n) is 6.28. The number of carbonyl (C=O) groups is 2. The molecule has 0 saturated heterocycles. The van der Waals surface area contributed by atoms with E-state index < -0.39 is 16.8 Å². The number of nitro benzene ring substituents is 1. The van der Waals surface area contributed by atoms with Crippen molar-refractivity contribution in [2.75, 3.05) is 10.8 Å². The molecule has 8 nitrogen and oxygen atoms in total. The third-order valence-electron chi connectivity index (χ3n) is 4.28. The monoisotopic (exact) mass is 469 g/mol. The zero-order valence-corrected chi connectivity index (χ0v) is 17.6. The van der Waals surface area contributed by atoms with Gasteiger partial charge in [0.2, 0.25) is 0 Å². The summed E-state index contributed by atoms with van der Waals surface area (Å²) in [6, 6.07) is 8.77. The third-order valence-corrected chi connectivity index (χ3v) is 5.14. The van der Waals surface area contributed by atoms with Gasteiger partial charge in [0.15, 0.2) is 5.71 Å². The van der Waals surface area contributed by atoms with Crippen molar-refractivity contribution in [2.24, 2.45) is 5.16 Å². The SMILES string of the molecule is O=C(CCCCl)ON=C1C(=O)N(Cc2ccc(Cl)cc2Cl)c2ccc([N+](=O)[O-])cc21. The van der Waals surface area contributed by atoms with Gasteiger partial charge in [0, 0.05) is 40.0 Å². The maximum Gasteiger partial charge on any atom is 0.335 e. The summed E-state index contributed by atoms with van der Waals surface area (Å²) in [4.78, 5) is 41.5. The Morgan fingerprint density at radius 1 is 1.20 bits per heavy atom. The number of amides is 1. The molecule has 1 amide bonds. The number of halogens is 3. The molecule has 0 radical (unpaired) electrons. The van der Waals surface area contributed by atoms with Gasteiger partial charge >= 0.3 is 5.97 Å². The highest BCUT2D eigenvalue weighted by Crippen LogP contribution is 2.35. The first-order valence-corrected chi connectivity index (χ1v) is 9.99. The average molecular weight is 471 g/mol. The summed E-state index contributed by atoms with van der Waals surface area (Å²) in [6.07, 6.45) is 0.419. The number of hydrogen-bond acceptors (Lipinski definition) is 6. The first kappa shape index (κ1) is 22.0. The molecule has 1 aliphatic heterocycles. The standard InChI is InChI=1S/C19H14Cl3N3O5/c20-7-1-2-17(26)30-23-18-14-9-13(25(28)29)5-6-16(14)24(19(18)27)10-11-3-4-12(21)8-15(11)22/h3-6,8-9H,1-2,7,10H2. The van der Waals surface area contributed by atoms with Crippen molar-refractivity contribution in [2.45, 2.75) is 19.4 Å². The van der Waals surface area contributed by atoms with E-state index in [0.717, 1.165) is 0 Å². The molecule has 1 heterocycles. The number of rotatable bonds is 7. The number of benzene rings is 2. The van der Waals surface area contributed by atoms with E-state index in [1.54, 1.807) is 18.2 Å². The van der Waals surface area contributed by atoms with Gasteiger partial charge in [0.25, 0.3) is 11.6 Å². The van der Waals surface area contributed by atoms with Crippen LogP contribution in [0, 0.1) is 10.1 Å². The minimum Gasteiger partial charge on any atom is -0.317 e. The van der Waals surface area contributed by atoms with Gasteiger partial charge in [-0.3, -0.25) is 14.9 Å². The molecule has 2 aromatic rings. The van der Waals surface area contributed by atoms with Crippen LogP contribution in [0.1, 0.15) is 24.0 Å². The van der Waals surface area contributed by atoms with Crippen molar-refractivity contribution in [3.63, 3.8) is 0 Å². The zero-order valence-electron chi connectivity index (χ0n) is 15.3. The van der Waals surface area contributed by atoms with Crippen LogP contribution >= 0.6 is 34.8 Å². The van der Waals surface area contributed by atoms with E-state index in [0.29, 0.717) is 27.7 Å². The molecule has 0 spiro atoms. The number of alkyl halides is 1. The number of oxime groups is 1. The lowest BCUT2D eigenvalue weighted by Gasteiger charge is -2.17. The summed E-state index contributed by atoms with van der Waals surface area (Å²) in [7, 11) is 0. The molecule has 0 bridgehead atoms. The minimum absolute atomic E-state index is 0.0281. The first-order valence-electron chi connectivity index (χ1n) is 8.70. The Hall–Kier alpha value is -2.68. The molecular weight excluding hydrogens is 457 g/mol. The predicted molar refractivity (Wildman–Crippen MR) is 113 cm³/mol. The van der Waals surface area contributed by atoms with Crippen molar-refractivity contribution in [1.82, 2.24) is 0 Å². The van der Waals surface area contributed by atoms with Crippen LogP contribution in [0.2, 0.25) is 10.0 Å². The maximum absolute atomic E-state index is 13.0. The van der Waals surface area contributed by atoms with E-state index in [1.165, 1.54) is 23.1 Å². The molecule has 2 aromatic carbocycles. The number of hydrogen-bond donors (Lipinski definition) is 0. The van der Waals surface area contributed by atoms with Crippen molar-refractivity contribution < 1.29 is 19.3 Å². The second kappa shape index (κ2) is 9.42. The Kier molecular flexibility index (Phi) is 6.91. The van der Waals surface area contributed by atoms with Gasteiger partial charge in [-0.25, -0.2) is 4.79 Å². The van der Waals surface area contributed by atoms with Crippen LogP contribution in [0.4, 0.5) is 11.4 Å². The Labute approximate surface area is 186 Å². The van der Waals surface area contributed by atoms with E-state index in [1.807, 2.05) is 0 Å². The first-order chi connectivity index (χ1) is 14.3. The van der Waals surface area contributed by atoms with Gasteiger partial charge in [0.1, 0.15) is 0 Å². The van der Waals surface area contributed by atoms with Crippen LogP contribution in [0.5, 0.6) is 0 Å². The lowest BCUT2D eigenvalue weighted by Crippen LogP contribution is -2.30. The van der Waals surface area contributed by atoms with Crippen LogP contribution in [-0.4, -0.2) is 28.4 Å². The van der Waals surface area contributed by atoms with Crippen LogP contribution < -0.4 is 4.90 Å².